The molecule has 3 heterocycles. The maximum absolute atomic E-state index is 15.5. The SMILES string of the molecule is C#CCOc1cnc(C(=O)Nc2cnc(F)c([C@@]3(C)N=C(N(C(=O)O)C(OCC[Si](C)(C)C)C(C)(C)C)S[C@@]4(CF)C[C@H]43)c2)cn1. The second kappa shape index (κ2) is 13.2. The molecule has 1 aliphatic heterocycles. The molecule has 1 aliphatic carbocycles. The molecule has 0 aromatic carbocycles. The number of carboxylic acid groups (broad SMARTS) is 1. The van der Waals surface area contributed by atoms with Gasteiger partial charge in [0.15, 0.2) is 11.8 Å². The van der Waals surface area contributed by atoms with Gasteiger partial charge < -0.3 is 19.9 Å². The zero-order chi connectivity index (χ0) is 34.1. The summed E-state index contributed by atoms with van der Waals surface area (Å²) < 4.78 is 40.7. The summed E-state index contributed by atoms with van der Waals surface area (Å²) >= 11 is 1.05. The monoisotopic (exact) mass is 674 g/mol. The van der Waals surface area contributed by atoms with Crippen molar-refractivity contribution in [1.82, 2.24) is 19.9 Å². The van der Waals surface area contributed by atoms with Crippen LogP contribution in [-0.2, 0) is 10.3 Å². The Labute approximate surface area is 273 Å². The standard InChI is InChI=1S/C31H40F2N6O5SSi/c1-9-10-43-23-17-34-21(16-35-23)25(40)37-19-13-20(24(33)36-15-19)30(5)22-14-31(22,18-32)45-27(38-30)39(28(41)42)26(29(2,3)4)44-11-12-46(6,7)8/h1,13,15-17,22,26H,10-12,14,18H2,2-8H3,(H,37,40)(H,41,42)/t22-,26?,30+,31+/m0/s1. The molecule has 15 heteroatoms. The molecule has 1 saturated carbocycles. The average Bonchev–Trinajstić information content (AvgIpc) is 3.72. The van der Waals surface area contributed by atoms with Crippen LogP contribution in [0.2, 0.25) is 25.7 Å². The fourth-order valence-electron chi connectivity index (χ4n) is 5.28. The molecule has 2 N–H and O–H groups in total. The van der Waals surface area contributed by atoms with E-state index in [1.807, 2.05) is 20.8 Å². The molecule has 0 radical (unpaired) electrons. The quantitative estimate of drug-likeness (QED) is 0.127. The number of ether oxygens (including phenoxy) is 2. The molecule has 4 rings (SSSR count). The first-order valence-electron chi connectivity index (χ1n) is 14.8. The number of aliphatic imine (C=N–C) groups is 1. The minimum absolute atomic E-state index is 0.00941. The summed E-state index contributed by atoms with van der Waals surface area (Å²) in [5.74, 6) is 0.471. The summed E-state index contributed by atoms with van der Waals surface area (Å²) in [7, 11) is -1.50. The third kappa shape index (κ3) is 7.67. The Morgan fingerprint density at radius 2 is 1.98 bits per heavy atom. The summed E-state index contributed by atoms with van der Waals surface area (Å²) in [5.41, 5.74) is -2.00. The minimum atomic E-state index is -1.50. The smallest absolute Gasteiger partial charge is 0.415 e. The van der Waals surface area contributed by atoms with Gasteiger partial charge in [0, 0.05) is 31.6 Å². The number of aromatic nitrogens is 3. The number of amides is 2. The third-order valence-electron chi connectivity index (χ3n) is 7.87. The second-order valence-corrected chi connectivity index (χ2v) is 20.9. The van der Waals surface area contributed by atoms with E-state index < -0.39 is 60.5 Å². The normalized spacial score (nSPS) is 23.0. The lowest BCUT2D eigenvalue weighted by atomic mass is 9.86. The van der Waals surface area contributed by atoms with Crippen molar-refractivity contribution in [3.05, 3.63) is 41.9 Å². The van der Waals surface area contributed by atoms with Crippen molar-refractivity contribution >= 4 is 42.7 Å². The van der Waals surface area contributed by atoms with Crippen LogP contribution in [0.3, 0.4) is 0 Å². The Balaban J connectivity index is 1.69. The molecule has 2 aliphatic rings. The first-order valence-corrected chi connectivity index (χ1v) is 19.3. The third-order valence-corrected chi connectivity index (χ3v) is 11.0. The number of carbonyl (C=O) groups is 2. The van der Waals surface area contributed by atoms with Crippen LogP contribution >= 0.6 is 11.8 Å². The maximum Gasteiger partial charge on any atom is 0.415 e. The van der Waals surface area contributed by atoms with Crippen LogP contribution in [0.25, 0.3) is 0 Å². The average molecular weight is 675 g/mol. The number of alkyl halides is 1. The maximum atomic E-state index is 15.5. The number of anilines is 1. The first-order chi connectivity index (χ1) is 21.4. The van der Waals surface area contributed by atoms with Crippen molar-refractivity contribution < 1.29 is 33.0 Å². The van der Waals surface area contributed by atoms with E-state index in [0.717, 1.165) is 28.9 Å². The number of rotatable bonds is 11. The molecule has 1 fully saturated rings. The van der Waals surface area contributed by atoms with Gasteiger partial charge in [-0.2, -0.15) is 4.39 Å². The molecule has 0 spiro atoms. The number of thioether (sulfide) groups is 1. The van der Waals surface area contributed by atoms with E-state index in [2.05, 4.69) is 45.8 Å². The van der Waals surface area contributed by atoms with E-state index >= 15 is 4.39 Å². The number of hydrogen-bond donors (Lipinski definition) is 2. The van der Waals surface area contributed by atoms with E-state index in [9.17, 15) is 19.1 Å². The first kappa shape index (κ1) is 35.2. The number of carbonyl (C=O) groups excluding carboxylic acids is 1. The van der Waals surface area contributed by atoms with Gasteiger partial charge in [0.1, 0.15) is 18.6 Å². The zero-order valence-electron chi connectivity index (χ0n) is 27.1. The molecule has 0 saturated heterocycles. The molecular formula is C31H40F2N6O5SSi. The van der Waals surface area contributed by atoms with Gasteiger partial charge in [0.2, 0.25) is 11.8 Å². The van der Waals surface area contributed by atoms with Crippen molar-refractivity contribution in [2.75, 3.05) is 25.2 Å². The van der Waals surface area contributed by atoms with Crippen molar-refractivity contribution in [3.8, 4) is 18.2 Å². The highest BCUT2D eigenvalue weighted by Gasteiger charge is 2.68. The highest BCUT2D eigenvalue weighted by molar-refractivity contribution is 8.15. The summed E-state index contributed by atoms with van der Waals surface area (Å²) in [6.45, 7) is 13.4. The Bertz CT molecular complexity index is 1540. The van der Waals surface area contributed by atoms with Crippen LogP contribution in [0.5, 0.6) is 5.88 Å². The molecule has 2 aromatic heterocycles. The topological polar surface area (TPSA) is 139 Å². The number of terminal acetylenes is 1. The fraction of sp³-hybridized carbons (Fsp3) is 0.548. The van der Waals surface area contributed by atoms with Crippen molar-refractivity contribution in [3.63, 3.8) is 0 Å². The lowest BCUT2D eigenvalue weighted by Crippen LogP contribution is -2.53. The molecular weight excluding hydrogens is 635 g/mol. The summed E-state index contributed by atoms with van der Waals surface area (Å²) in [6.07, 6.45) is 6.83. The highest BCUT2D eigenvalue weighted by Crippen LogP contribution is 2.67. The number of halogens is 2. The lowest BCUT2D eigenvalue weighted by molar-refractivity contribution is -0.0761. The summed E-state index contributed by atoms with van der Waals surface area (Å²) in [5, 5.41) is 13.1. The van der Waals surface area contributed by atoms with E-state index in [-0.39, 0.29) is 34.6 Å². The van der Waals surface area contributed by atoms with E-state index in [1.54, 1.807) is 6.92 Å². The van der Waals surface area contributed by atoms with Crippen LogP contribution in [0, 0.1) is 29.6 Å². The molecule has 0 bridgehead atoms. The molecule has 1 unspecified atom stereocenters. The van der Waals surface area contributed by atoms with E-state index in [1.165, 1.54) is 18.5 Å². The Kier molecular flexibility index (Phi) is 10.1. The van der Waals surface area contributed by atoms with Crippen LogP contribution in [0.4, 0.5) is 19.3 Å². The van der Waals surface area contributed by atoms with Crippen LogP contribution in [-0.4, -0.2) is 81.1 Å². The van der Waals surface area contributed by atoms with Crippen LogP contribution < -0.4 is 10.1 Å². The molecule has 46 heavy (non-hydrogen) atoms. The lowest BCUT2D eigenvalue weighted by Gasteiger charge is -2.42. The number of nitrogens with one attached hydrogen (secondary N) is 1. The molecule has 11 nitrogen and oxygen atoms in total. The minimum Gasteiger partial charge on any atom is -0.465 e. The van der Waals surface area contributed by atoms with Gasteiger partial charge in [-0.3, -0.25) is 9.79 Å². The highest BCUT2D eigenvalue weighted by atomic mass is 32.2. The Morgan fingerprint density at radius 3 is 2.54 bits per heavy atom. The van der Waals surface area contributed by atoms with Gasteiger partial charge in [-0.1, -0.05) is 58.1 Å². The van der Waals surface area contributed by atoms with E-state index in [4.69, 9.17) is 20.9 Å². The van der Waals surface area contributed by atoms with Gasteiger partial charge in [0.05, 0.1) is 34.6 Å². The fourth-order valence-corrected chi connectivity index (χ4v) is 7.56. The van der Waals surface area contributed by atoms with Gasteiger partial charge in [-0.05, 0) is 25.5 Å². The predicted octanol–water partition coefficient (Wildman–Crippen LogP) is 6.03. The molecule has 4 atom stereocenters. The van der Waals surface area contributed by atoms with E-state index in [0.29, 0.717) is 13.0 Å². The molecule has 2 aromatic rings. The number of nitrogens with zero attached hydrogens (tertiary/aromatic N) is 5. The second-order valence-electron chi connectivity index (χ2n) is 13.9. The molecule has 248 valence electrons. The number of amidine groups is 1. The van der Waals surface area contributed by atoms with Gasteiger partial charge >= 0.3 is 6.09 Å². The van der Waals surface area contributed by atoms with Crippen LogP contribution in [0.1, 0.15) is 50.2 Å². The Morgan fingerprint density at radius 1 is 1.26 bits per heavy atom. The number of hydrogen-bond acceptors (Lipinski definition) is 9. The number of fused-ring (bicyclic) bond motifs is 1. The molecule has 2 amide bonds. The summed E-state index contributed by atoms with van der Waals surface area (Å²) in [6, 6.07) is 2.19. The van der Waals surface area contributed by atoms with Crippen molar-refractivity contribution in [2.45, 2.75) is 76.3 Å². The summed E-state index contributed by atoms with van der Waals surface area (Å²) in [4.78, 5) is 43.5. The Hall–Kier alpha value is -3.61. The van der Waals surface area contributed by atoms with Gasteiger partial charge in [-0.25, -0.2) is 29.0 Å². The predicted molar refractivity (Wildman–Crippen MR) is 175 cm³/mol. The zero-order valence-corrected chi connectivity index (χ0v) is 28.9. The van der Waals surface area contributed by atoms with Crippen LogP contribution in [0.15, 0.2) is 29.6 Å². The van der Waals surface area contributed by atoms with Gasteiger partial charge in [-0.15, -0.1) is 6.42 Å². The van der Waals surface area contributed by atoms with Crippen molar-refractivity contribution in [1.29, 1.82) is 0 Å². The van der Waals surface area contributed by atoms with Crippen molar-refractivity contribution in [2.24, 2.45) is 16.3 Å². The largest absolute Gasteiger partial charge is 0.465 e. The van der Waals surface area contributed by atoms with Gasteiger partial charge in [0.25, 0.3) is 5.91 Å². The number of pyridine rings is 1.